The topological polar surface area (TPSA) is 66.4 Å². The van der Waals surface area contributed by atoms with E-state index >= 15 is 0 Å². The van der Waals surface area contributed by atoms with Crippen molar-refractivity contribution in [2.75, 3.05) is 5.32 Å². The Kier molecular flexibility index (Phi) is 3.22. The van der Waals surface area contributed by atoms with Crippen LogP contribution in [0, 0.1) is 6.92 Å². The molecule has 0 bridgehead atoms. The zero-order valence-corrected chi connectivity index (χ0v) is 11.6. The summed E-state index contributed by atoms with van der Waals surface area (Å²) in [5.41, 5.74) is 3.93. The minimum atomic E-state index is -0.969. The third kappa shape index (κ3) is 2.40. The van der Waals surface area contributed by atoms with E-state index in [4.69, 9.17) is 5.11 Å². The molecule has 1 atom stereocenters. The summed E-state index contributed by atoms with van der Waals surface area (Å²) in [7, 11) is 0. The molecule has 0 heterocycles. The number of hydrogen-bond acceptors (Lipinski definition) is 2. The first-order valence-electron chi connectivity index (χ1n) is 6.79. The number of aryl methyl sites for hydroxylation is 1. The number of nitrogens with one attached hydrogen (secondary N) is 1. The maximum absolute atomic E-state index is 12.3. The Labute approximate surface area is 122 Å². The lowest BCUT2D eigenvalue weighted by Crippen LogP contribution is -2.30. The zero-order chi connectivity index (χ0) is 15.0. The van der Waals surface area contributed by atoms with Crippen LogP contribution in [0.15, 0.2) is 42.5 Å². The second-order valence-corrected chi connectivity index (χ2v) is 5.28. The number of amides is 1. The van der Waals surface area contributed by atoms with Gasteiger partial charge in [0.05, 0.1) is 11.5 Å². The van der Waals surface area contributed by atoms with Gasteiger partial charge in [-0.3, -0.25) is 4.79 Å². The monoisotopic (exact) mass is 281 g/mol. The highest BCUT2D eigenvalue weighted by atomic mass is 16.4. The van der Waals surface area contributed by atoms with E-state index in [0.717, 1.165) is 17.5 Å². The predicted octanol–water partition coefficient (Wildman–Crippen LogP) is 2.97. The lowest BCUT2D eigenvalue weighted by Gasteiger charge is -2.29. The fourth-order valence-corrected chi connectivity index (χ4v) is 2.65. The van der Waals surface area contributed by atoms with Crippen molar-refractivity contribution in [1.29, 1.82) is 0 Å². The molecule has 0 aliphatic heterocycles. The molecule has 0 aromatic heterocycles. The number of benzene rings is 2. The Morgan fingerprint density at radius 3 is 2.62 bits per heavy atom. The number of carboxylic acids is 1. The van der Waals surface area contributed by atoms with Crippen LogP contribution in [0.5, 0.6) is 0 Å². The molecule has 4 nitrogen and oxygen atoms in total. The number of fused-ring (bicyclic) bond motifs is 1. The molecule has 4 heteroatoms. The summed E-state index contributed by atoms with van der Waals surface area (Å²) in [5, 5.41) is 11.8. The van der Waals surface area contributed by atoms with E-state index in [-0.39, 0.29) is 17.4 Å². The van der Waals surface area contributed by atoms with E-state index in [1.807, 2.05) is 24.3 Å². The summed E-state index contributed by atoms with van der Waals surface area (Å²) in [5.74, 6) is -1.12. The number of hydrogen-bond donors (Lipinski definition) is 2. The second-order valence-electron chi connectivity index (χ2n) is 5.28. The van der Waals surface area contributed by atoms with Crippen LogP contribution in [0.1, 0.15) is 33.0 Å². The second kappa shape index (κ2) is 5.05. The molecule has 1 aliphatic rings. The van der Waals surface area contributed by atoms with Crippen LogP contribution in [0.3, 0.4) is 0 Å². The molecule has 2 aromatic carbocycles. The van der Waals surface area contributed by atoms with Gasteiger partial charge in [0, 0.05) is 5.69 Å². The summed E-state index contributed by atoms with van der Waals surface area (Å²) in [4.78, 5) is 23.2. The molecule has 0 saturated heterocycles. The average molecular weight is 281 g/mol. The van der Waals surface area contributed by atoms with E-state index in [0.29, 0.717) is 5.69 Å². The van der Waals surface area contributed by atoms with Crippen molar-refractivity contribution in [2.45, 2.75) is 19.3 Å². The van der Waals surface area contributed by atoms with Crippen LogP contribution in [-0.2, 0) is 11.2 Å². The molecule has 1 unspecified atom stereocenters. The Balaban J connectivity index is 1.76. The standard InChI is InChI=1S/C17H15NO3/c1-10-8-12(17(20)21)6-7-15(10)18-16(19)14-9-11-4-2-3-5-13(11)14/h2-8,14H,9H2,1H3,(H,18,19)(H,20,21). The number of anilines is 1. The first-order chi connectivity index (χ1) is 10.1. The minimum Gasteiger partial charge on any atom is -0.478 e. The van der Waals surface area contributed by atoms with Crippen LogP contribution in [0.2, 0.25) is 0 Å². The molecule has 1 amide bonds. The van der Waals surface area contributed by atoms with Gasteiger partial charge in [0.15, 0.2) is 0 Å². The summed E-state index contributed by atoms with van der Waals surface area (Å²) in [6.45, 7) is 1.79. The van der Waals surface area contributed by atoms with Crippen LogP contribution in [0.25, 0.3) is 0 Å². The van der Waals surface area contributed by atoms with E-state index < -0.39 is 5.97 Å². The maximum atomic E-state index is 12.3. The molecule has 3 rings (SSSR count). The smallest absolute Gasteiger partial charge is 0.335 e. The molecular formula is C17H15NO3. The molecule has 106 valence electrons. The highest BCUT2D eigenvalue weighted by Gasteiger charge is 2.31. The summed E-state index contributed by atoms with van der Waals surface area (Å²) in [6.07, 6.45) is 0.758. The van der Waals surface area contributed by atoms with E-state index in [2.05, 4.69) is 5.32 Å². The minimum absolute atomic E-state index is 0.0418. The fraction of sp³-hybridized carbons (Fsp3) is 0.176. The van der Waals surface area contributed by atoms with Crippen molar-refractivity contribution >= 4 is 17.6 Å². The van der Waals surface area contributed by atoms with Gasteiger partial charge >= 0.3 is 5.97 Å². The molecule has 21 heavy (non-hydrogen) atoms. The van der Waals surface area contributed by atoms with E-state index in [9.17, 15) is 9.59 Å². The molecule has 2 aromatic rings. The highest BCUT2D eigenvalue weighted by molar-refractivity contribution is 5.99. The van der Waals surface area contributed by atoms with Gasteiger partial charge in [-0.2, -0.15) is 0 Å². The molecule has 2 N–H and O–H groups in total. The fourth-order valence-electron chi connectivity index (χ4n) is 2.65. The SMILES string of the molecule is Cc1cc(C(=O)O)ccc1NC(=O)C1Cc2ccccc21. The van der Waals surface area contributed by atoms with Crippen LogP contribution < -0.4 is 5.32 Å². The molecule has 1 aliphatic carbocycles. The number of carboxylic acid groups (broad SMARTS) is 1. The van der Waals surface area contributed by atoms with Gasteiger partial charge in [-0.05, 0) is 48.2 Å². The van der Waals surface area contributed by atoms with Crippen molar-refractivity contribution in [2.24, 2.45) is 0 Å². The Bertz CT molecular complexity index is 737. The van der Waals surface area contributed by atoms with Gasteiger partial charge in [0.1, 0.15) is 0 Å². The molecule has 0 saturated carbocycles. The maximum Gasteiger partial charge on any atom is 0.335 e. The molecule has 0 spiro atoms. The van der Waals surface area contributed by atoms with Gasteiger partial charge < -0.3 is 10.4 Å². The summed E-state index contributed by atoms with van der Waals surface area (Å²) >= 11 is 0. The van der Waals surface area contributed by atoms with E-state index in [1.54, 1.807) is 19.1 Å². The van der Waals surface area contributed by atoms with Gasteiger partial charge in [-0.15, -0.1) is 0 Å². The molecule has 0 fully saturated rings. The van der Waals surface area contributed by atoms with Crippen molar-refractivity contribution in [3.8, 4) is 0 Å². The normalized spacial score (nSPS) is 15.8. The van der Waals surface area contributed by atoms with E-state index in [1.165, 1.54) is 11.6 Å². The highest BCUT2D eigenvalue weighted by Crippen LogP contribution is 2.35. The number of rotatable bonds is 3. The number of aromatic carboxylic acids is 1. The average Bonchev–Trinajstić information content (AvgIpc) is 2.42. The van der Waals surface area contributed by atoms with Crippen LogP contribution in [-0.4, -0.2) is 17.0 Å². The molecular weight excluding hydrogens is 266 g/mol. The van der Waals surface area contributed by atoms with Crippen molar-refractivity contribution < 1.29 is 14.7 Å². The van der Waals surface area contributed by atoms with Crippen LogP contribution >= 0.6 is 0 Å². The lowest BCUT2D eigenvalue weighted by atomic mass is 9.77. The number of carbonyl (C=O) groups excluding carboxylic acids is 1. The predicted molar refractivity (Wildman–Crippen MR) is 79.7 cm³/mol. The van der Waals surface area contributed by atoms with Gasteiger partial charge in [0.2, 0.25) is 5.91 Å². The number of carbonyl (C=O) groups is 2. The largest absolute Gasteiger partial charge is 0.478 e. The third-order valence-corrected chi connectivity index (χ3v) is 3.90. The van der Waals surface area contributed by atoms with Crippen LogP contribution in [0.4, 0.5) is 5.69 Å². The van der Waals surface area contributed by atoms with Crippen molar-refractivity contribution in [3.63, 3.8) is 0 Å². The molecule has 0 radical (unpaired) electrons. The zero-order valence-electron chi connectivity index (χ0n) is 11.6. The van der Waals surface area contributed by atoms with Crippen molar-refractivity contribution in [1.82, 2.24) is 0 Å². The Morgan fingerprint density at radius 1 is 1.19 bits per heavy atom. The van der Waals surface area contributed by atoms with Gasteiger partial charge in [-0.1, -0.05) is 24.3 Å². The Morgan fingerprint density at radius 2 is 1.95 bits per heavy atom. The summed E-state index contributed by atoms with van der Waals surface area (Å²) in [6, 6.07) is 12.6. The van der Waals surface area contributed by atoms with Crippen molar-refractivity contribution in [3.05, 3.63) is 64.7 Å². The third-order valence-electron chi connectivity index (χ3n) is 3.90. The first kappa shape index (κ1) is 13.4. The summed E-state index contributed by atoms with van der Waals surface area (Å²) < 4.78 is 0. The first-order valence-corrected chi connectivity index (χ1v) is 6.79. The lowest BCUT2D eigenvalue weighted by molar-refractivity contribution is -0.118. The van der Waals surface area contributed by atoms with Gasteiger partial charge in [0.25, 0.3) is 0 Å². The Hall–Kier alpha value is -2.62. The quantitative estimate of drug-likeness (QED) is 0.909. The van der Waals surface area contributed by atoms with Gasteiger partial charge in [-0.25, -0.2) is 4.79 Å².